The summed E-state index contributed by atoms with van der Waals surface area (Å²) in [5.74, 6) is 1.46. The molecule has 1 nitrogen and oxygen atoms in total. The van der Waals surface area contributed by atoms with E-state index in [-0.39, 0.29) is 0 Å². The molecule has 0 heterocycles. The molecular weight excluding hydrogens is 528 g/mol. The van der Waals surface area contributed by atoms with E-state index in [1.165, 1.54) is 3.57 Å². The second kappa shape index (κ2) is 5.55. The topological polar surface area (TPSA) is 9.23 Å². The Bertz CT molecular complexity index is 299. The molecular formula is C8H6ClI3O. The fourth-order valence-corrected chi connectivity index (χ4v) is 5.84. The van der Waals surface area contributed by atoms with Crippen molar-refractivity contribution in [2.45, 2.75) is 5.88 Å². The summed E-state index contributed by atoms with van der Waals surface area (Å²) in [6, 6.07) is 2.08. The van der Waals surface area contributed by atoms with E-state index >= 15 is 0 Å². The maximum absolute atomic E-state index is 5.85. The zero-order valence-corrected chi connectivity index (χ0v) is 13.9. The zero-order chi connectivity index (χ0) is 10.0. The molecule has 0 aliphatic heterocycles. The van der Waals surface area contributed by atoms with Crippen LogP contribution < -0.4 is 4.74 Å². The SMILES string of the molecule is COc1c(I)cc(I)c(CCl)c1I. The number of benzene rings is 1. The predicted molar refractivity (Wildman–Crippen MR) is 80.7 cm³/mol. The minimum absolute atomic E-state index is 0.532. The van der Waals surface area contributed by atoms with E-state index in [0.717, 1.165) is 18.5 Å². The van der Waals surface area contributed by atoms with Crippen LogP contribution in [-0.4, -0.2) is 7.11 Å². The van der Waals surface area contributed by atoms with Crippen LogP contribution in [0.15, 0.2) is 6.07 Å². The van der Waals surface area contributed by atoms with Crippen molar-refractivity contribution < 1.29 is 4.74 Å². The molecule has 0 N–H and O–H groups in total. The van der Waals surface area contributed by atoms with Gasteiger partial charge in [-0.05, 0) is 79.4 Å². The first-order chi connectivity index (χ1) is 6.11. The van der Waals surface area contributed by atoms with Crippen LogP contribution in [0.5, 0.6) is 5.75 Å². The van der Waals surface area contributed by atoms with Crippen LogP contribution in [0.25, 0.3) is 0 Å². The molecule has 0 atom stereocenters. The van der Waals surface area contributed by atoms with Crippen molar-refractivity contribution in [2.75, 3.05) is 7.11 Å². The van der Waals surface area contributed by atoms with Gasteiger partial charge in [-0.25, -0.2) is 0 Å². The van der Waals surface area contributed by atoms with Crippen LogP contribution in [0.4, 0.5) is 0 Å². The van der Waals surface area contributed by atoms with Gasteiger partial charge in [0.2, 0.25) is 0 Å². The highest BCUT2D eigenvalue weighted by Gasteiger charge is 2.13. The van der Waals surface area contributed by atoms with E-state index in [9.17, 15) is 0 Å². The molecule has 72 valence electrons. The molecule has 0 aromatic heterocycles. The Morgan fingerprint density at radius 1 is 1.31 bits per heavy atom. The van der Waals surface area contributed by atoms with Gasteiger partial charge in [-0.2, -0.15) is 0 Å². The largest absolute Gasteiger partial charge is 0.495 e. The molecule has 1 rings (SSSR count). The van der Waals surface area contributed by atoms with Gasteiger partial charge in [0.05, 0.1) is 14.3 Å². The number of halogens is 4. The molecule has 5 heteroatoms. The van der Waals surface area contributed by atoms with Crippen LogP contribution in [0.2, 0.25) is 0 Å². The van der Waals surface area contributed by atoms with Gasteiger partial charge in [0, 0.05) is 9.45 Å². The van der Waals surface area contributed by atoms with Gasteiger partial charge in [-0.3, -0.25) is 0 Å². The molecule has 13 heavy (non-hydrogen) atoms. The van der Waals surface area contributed by atoms with Crippen LogP contribution in [-0.2, 0) is 5.88 Å². The van der Waals surface area contributed by atoms with Crippen LogP contribution >= 0.6 is 79.4 Å². The number of rotatable bonds is 2. The van der Waals surface area contributed by atoms with Gasteiger partial charge in [0.1, 0.15) is 5.75 Å². The molecule has 0 spiro atoms. The Hall–Kier alpha value is 1.50. The average Bonchev–Trinajstić information content (AvgIpc) is 2.04. The van der Waals surface area contributed by atoms with Crippen molar-refractivity contribution in [2.24, 2.45) is 0 Å². The number of hydrogen-bond donors (Lipinski definition) is 0. The summed E-state index contributed by atoms with van der Waals surface area (Å²) >= 11 is 12.7. The van der Waals surface area contributed by atoms with Crippen molar-refractivity contribution in [1.29, 1.82) is 0 Å². The quantitative estimate of drug-likeness (QED) is 0.408. The molecule has 0 bridgehead atoms. The molecule has 0 aliphatic rings. The summed E-state index contributed by atoms with van der Waals surface area (Å²) in [5.41, 5.74) is 1.15. The van der Waals surface area contributed by atoms with Crippen molar-refractivity contribution in [3.8, 4) is 5.75 Å². The third-order valence-electron chi connectivity index (χ3n) is 1.56. The molecule has 0 radical (unpaired) electrons. The summed E-state index contributed by atoms with van der Waals surface area (Å²) < 4.78 is 8.74. The molecule has 0 fully saturated rings. The lowest BCUT2D eigenvalue weighted by Gasteiger charge is -2.11. The third-order valence-corrected chi connectivity index (χ3v) is 4.73. The van der Waals surface area contributed by atoms with E-state index in [1.807, 2.05) is 0 Å². The van der Waals surface area contributed by atoms with Crippen molar-refractivity contribution >= 4 is 79.4 Å². The third kappa shape index (κ3) is 2.75. The normalized spacial score (nSPS) is 10.2. The molecule has 0 unspecified atom stereocenters. The monoisotopic (exact) mass is 534 g/mol. The first-order valence-corrected chi connectivity index (χ1v) is 7.15. The first kappa shape index (κ1) is 12.6. The summed E-state index contributed by atoms with van der Waals surface area (Å²) in [6.45, 7) is 0. The highest BCUT2D eigenvalue weighted by molar-refractivity contribution is 14.1. The lowest BCUT2D eigenvalue weighted by atomic mass is 10.2. The first-order valence-electron chi connectivity index (χ1n) is 3.38. The van der Waals surface area contributed by atoms with Gasteiger partial charge in [0.15, 0.2) is 0 Å². The van der Waals surface area contributed by atoms with Crippen molar-refractivity contribution in [1.82, 2.24) is 0 Å². The van der Waals surface area contributed by atoms with Crippen LogP contribution in [0.3, 0.4) is 0 Å². The fourth-order valence-electron chi connectivity index (χ4n) is 0.920. The number of methoxy groups -OCH3 is 1. The Morgan fingerprint density at radius 2 is 1.92 bits per heavy atom. The smallest absolute Gasteiger partial charge is 0.145 e. The second-order valence-corrected chi connectivity index (χ2v) is 5.97. The molecule has 0 amide bonds. The van der Waals surface area contributed by atoms with Gasteiger partial charge in [-0.15, -0.1) is 11.6 Å². The minimum atomic E-state index is 0.532. The Kier molecular flexibility index (Phi) is 5.36. The highest BCUT2D eigenvalue weighted by atomic mass is 127. The van der Waals surface area contributed by atoms with E-state index in [1.54, 1.807) is 7.11 Å². The van der Waals surface area contributed by atoms with Gasteiger partial charge in [0.25, 0.3) is 0 Å². The van der Waals surface area contributed by atoms with Gasteiger partial charge < -0.3 is 4.74 Å². The van der Waals surface area contributed by atoms with Crippen LogP contribution in [0.1, 0.15) is 5.56 Å². The molecule has 1 aromatic carbocycles. The van der Waals surface area contributed by atoms with Gasteiger partial charge >= 0.3 is 0 Å². The van der Waals surface area contributed by atoms with E-state index < -0.39 is 0 Å². The van der Waals surface area contributed by atoms with Crippen LogP contribution in [0, 0.1) is 10.7 Å². The highest BCUT2D eigenvalue weighted by Crippen LogP contribution is 2.33. The standard InChI is InChI=1S/C8H6ClI3O/c1-13-8-6(11)2-5(10)4(3-9)7(8)12/h2H,3H2,1H3. The Balaban J connectivity index is 3.39. The Labute approximate surface area is 123 Å². The number of ether oxygens (including phenoxy) is 1. The minimum Gasteiger partial charge on any atom is -0.495 e. The maximum atomic E-state index is 5.85. The predicted octanol–water partition coefficient (Wildman–Crippen LogP) is 4.25. The van der Waals surface area contributed by atoms with E-state index in [0.29, 0.717) is 5.88 Å². The summed E-state index contributed by atoms with van der Waals surface area (Å²) in [4.78, 5) is 0. The molecule has 0 saturated carbocycles. The fraction of sp³-hybridized carbons (Fsp3) is 0.250. The zero-order valence-electron chi connectivity index (χ0n) is 6.70. The Morgan fingerprint density at radius 3 is 2.38 bits per heavy atom. The molecule has 0 aliphatic carbocycles. The average molecular weight is 534 g/mol. The number of alkyl halides is 1. The lowest BCUT2D eigenvalue weighted by Crippen LogP contribution is -1.97. The van der Waals surface area contributed by atoms with E-state index in [4.69, 9.17) is 16.3 Å². The van der Waals surface area contributed by atoms with Gasteiger partial charge in [-0.1, -0.05) is 0 Å². The molecule has 0 saturated heterocycles. The van der Waals surface area contributed by atoms with E-state index in [2.05, 4.69) is 73.8 Å². The molecule has 1 aromatic rings. The number of hydrogen-bond acceptors (Lipinski definition) is 1. The summed E-state index contributed by atoms with van der Waals surface area (Å²) in [6.07, 6.45) is 0. The summed E-state index contributed by atoms with van der Waals surface area (Å²) in [5, 5.41) is 0. The maximum Gasteiger partial charge on any atom is 0.145 e. The van der Waals surface area contributed by atoms with Crippen molar-refractivity contribution in [3.05, 3.63) is 22.3 Å². The lowest BCUT2D eigenvalue weighted by molar-refractivity contribution is 0.408. The van der Waals surface area contributed by atoms with Crippen molar-refractivity contribution in [3.63, 3.8) is 0 Å². The summed E-state index contributed by atoms with van der Waals surface area (Å²) in [7, 11) is 1.69. The second-order valence-electron chi connectivity index (χ2n) is 2.30.